The molecule has 0 aliphatic rings. The van der Waals surface area contributed by atoms with Gasteiger partial charge >= 0.3 is 51.4 Å². The number of carbonyl (C=O) groups is 1. The van der Waals surface area contributed by atoms with E-state index in [1.807, 2.05) is 6.07 Å². The molecule has 0 N–H and O–H groups in total. The summed E-state index contributed by atoms with van der Waals surface area (Å²) in [6.07, 6.45) is 0. The third kappa shape index (κ3) is 3.43. The van der Waals surface area contributed by atoms with Crippen molar-refractivity contribution in [1.82, 2.24) is 0 Å². The van der Waals surface area contributed by atoms with Crippen LogP contribution in [-0.4, -0.2) is 12.9 Å². The minimum absolute atomic E-state index is 0. The third-order valence-corrected chi connectivity index (χ3v) is 2.47. The Kier molecular flexibility index (Phi) is 6.04. The number of rotatable bonds is 3. The van der Waals surface area contributed by atoms with Crippen LogP contribution in [0.5, 0.6) is 11.5 Å². The molecule has 2 rings (SSSR count). The Bertz CT molecular complexity index is 538. The van der Waals surface area contributed by atoms with E-state index in [1.54, 1.807) is 30.3 Å². The number of hydrogen-bond acceptors (Lipinski definition) is 3. The second-order valence-corrected chi connectivity index (χ2v) is 3.56. The first-order valence-corrected chi connectivity index (χ1v) is 5.17. The molecule has 0 aliphatic heterocycles. The Morgan fingerprint density at radius 3 is 2.33 bits per heavy atom. The van der Waals surface area contributed by atoms with Gasteiger partial charge in [0.25, 0.3) is 0 Å². The number of ketones is 1. The zero-order valence-corrected chi connectivity index (χ0v) is 13.5. The Morgan fingerprint density at radius 1 is 1.11 bits per heavy atom. The second kappa shape index (κ2) is 7.06. The van der Waals surface area contributed by atoms with E-state index in [-0.39, 0.29) is 68.5 Å². The molecule has 86 valence electrons. The van der Waals surface area contributed by atoms with Crippen LogP contribution < -0.4 is 61.2 Å². The summed E-state index contributed by atoms with van der Waals surface area (Å²) in [4.78, 5) is 12.0. The van der Waals surface area contributed by atoms with Gasteiger partial charge in [-0.2, -0.15) is 0 Å². The van der Waals surface area contributed by atoms with Crippen LogP contribution in [0.1, 0.15) is 15.9 Å². The molecule has 0 saturated heterocycles. The van der Waals surface area contributed by atoms with Crippen molar-refractivity contribution in [1.29, 1.82) is 0 Å². The summed E-state index contributed by atoms with van der Waals surface area (Å²) in [5.74, 6) is -0.129. The van der Waals surface area contributed by atoms with E-state index in [1.165, 1.54) is 19.2 Å². The SMILES string of the molecule is COc1ccc(C(=O)c2ccccc2)c([O-])c1.[K+]. The van der Waals surface area contributed by atoms with Crippen molar-refractivity contribution in [3.05, 3.63) is 59.7 Å². The molecule has 0 radical (unpaired) electrons. The molecule has 0 amide bonds. The van der Waals surface area contributed by atoms with E-state index in [4.69, 9.17) is 4.74 Å². The Labute approximate surface area is 148 Å². The van der Waals surface area contributed by atoms with Gasteiger partial charge in [-0.25, -0.2) is 0 Å². The predicted molar refractivity (Wildman–Crippen MR) is 62.3 cm³/mol. The summed E-state index contributed by atoms with van der Waals surface area (Å²) in [7, 11) is 1.48. The standard InChI is InChI=1S/C14H12O3.K/c1-17-11-7-8-12(13(15)9-11)14(16)10-5-3-2-4-6-10;/h2-9,15H,1H3;/q;+1/p-1. The van der Waals surface area contributed by atoms with Crippen LogP contribution in [0.15, 0.2) is 48.5 Å². The van der Waals surface area contributed by atoms with Crippen molar-refractivity contribution in [2.75, 3.05) is 7.11 Å². The Balaban J connectivity index is 0.00000162. The number of hydrogen-bond donors (Lipinski definition) is 0. The van der Waals surface area contributed by atoms with Crippen LogP contribution in [0.3, 0.4) is 0 Å². The predicted octanol–water partition coefficient (Wildman–Crippen LogP) is -0.996. The van der Waals surface area contributed by atoms with Crippen molar-refractivity contribution in [2.45, 2.75) is 0 Å². The van der Waals surface area contributed by atoms with Crippen LogP contribution in [0.4, 0.5) is 0 Å². The van der Waals surface area contributed by atoms with Crippen LogP contribution >= 0.6 is 0 Å². The summed E-state index contributed by atoms with van der Waals surface area (Å²) in [5.41, 5.74) is 0.673. The molecular weight excluding hydrogens is 255 g/mol. The molecule has 0 atom stereocenters. The van der Waals surface area contributed by atoms with Gasteiger partial charge in [0, 0.05) is 11.1 Å². The van der Waals surface area contributed by atoms with Crippen LogP contribution in [0, 0.1) is 0 Å². The maximum atomic E-state index is 12.0. The fourth-order valence-corrected chi connectivity index (χ4v) is 1.56. The number of carbonyl (C=O) groups excluding carboxylic acids is 1. The van der Waals surface area contributed by atoms with Gasteiger partial charge in [-0.3, -0.25) is 4.79 Å². The molecule has 0 saturated carbocycles. The smallest absolute Gasteiger partial charge is 0.872 e. The molecule has 18 heavy (non-hydrogen) atoms. The van der Waals surface area contributed by atoms with Crippen molar-refractivity contribution in [3.63, 3.8) is 0 Å². The van der Waals surface area contributed by atoms with Gasteiger partial charge in [0.1, 0.15) is 5.75 Å². The minimum atomic E-state index is -0.321. The summed E-state index contributed by atoms with van der Waals surface area (Å²) >= 11 is 0. The van der Waals surface area contributed by atoms with E-state index in [0.29, 0.717) is 11.3 Å². The summed E-state index contributed by atoms with van der Waals surface area (Å²) in [6, 6.07) is 13.1. The maximum absolute atomic E-state index is 12.0. The molecule has 0 bridgehead atoms. The molecule has 0 unspecified atom stereocenters. The second-order valence-electron chi connectivity index (χ2n) is 3.56. The van der Waals surface area contributed by atoms with Gasteiger partial charge in [-0.15, -0.1) is 0 Å². The third-order valence-electron chi connectivity index (χ3n) is 2.47. The molecule has 0 aromatic heterocycles. The van der Waals surface area contributed by atoms with Crippen LogP contribution in [0.2, 0.25) is 0 Å². The Morgan fingerprint density at radius 2 is 1.78 bits per heavy atom. The monoisotopic (exact) mass is 266 g/mol. The Hall–Kier alpha value is -0.654. The summed E-state index contributed by atoms with van der Waals surface area (Å²) in [6.45, 7) is 0. The van der Waals surface area contributed by atoms with Gasteiger partial charge < -0.3 is 9.84 Å². The minimum Gasteiger partial charge on any atom is -0.872 e. The normalized spacial score (nSPS) is 9.39. The molecule has 2 aromatic rings. The first-order valence-electron chi connectivity index (χ1n) is 5.17. The van der Waals surface area contributed by atoms with Gasteiger partial charge in [0.05, 0.1) is 7.11 Å². The first-order chi connectivity index (χ1) is 8.22. The average Bonchev–Trinajstić information content (AvgIpc) is 2.39. The zero-order chi connectivity index (χ0) is 12.3. The largest absolute Gasteiger partial charge is 1.00 e. The van der Waals surface area contributed by atoms with Crippen molar-refractivity contribution in [3.8, 4) is 11.5 Å². The molecule has 0 spiro atoms. The molecule has 2 aromatic carbocycles. The molecule has 0 fully saturated rings. The van der Waals surface area contributed by atoms with Crippen LogP contribution in [0.25, 0.3) is 0 Å². The molecule has 3 nitrogen and oxygen atoms in total. The first kappa shape index (κ1) is 15.4. The number of methoxy groups -OCH3 is 1. The van der Waals surface area contributed by atoms with E-state index in [9.17, 15) is 9.90 Å². The fourth-order valence-electron chi connectivity index (χ4n) is 1.56. The average molecular weight is 266 g/mol. The molecule has 4 heteroatoms. The number of benzene rings is 2. The van der Waals surface area contributed by atoms with Crippen molar-refractivity contribution in [2.24, 2.45) is 0 Å². The van der Waals surface area contributed by atoms with Crippen molar-refractivity contribution >= 4 is 5.78 Å². The molecular formula is C14H11KO3. The summed E-state index contributed by atoms with van der Waals surface area (Å²) < 4.78 is 4.92. The topological polar surface area (TPSA) is 49.4 Å². The van der Waals surface area contributed by atoms with Gasteiger partial charge in [-0.1, -0.05) is 36.1 Å². The van der Waals surface area contributed by atoms with E-state index in [0.717, 1.165) is 0 Å². The van der Waals surface area contributed by atoms with Crippen molar-refractivity contribution < 1.29 is 66.0 Å². The molecule has 0 heterocycles. The van der Waals surface area contributed by atoms with E-state index in [2.05, 4.69) is 0 Å². The van der Waals surface area contributed by atoms with E-state index >= 15 is 0 Å². The maximum Gasteiger partial charge on any atom is 1.00 e. The van der Waals surface area contributed by atoms with Gasteiger partial charge in [0.2, 0.25) is 0 Å². The van der Waals surface area contributed by atoms with Gasteiger partial charge in [-0.05, 0) is 18.2 Å². The molecule has 0 aliphatic carbocycles. The van der Waals surface area contributed by atoms with Crippen LogP contribution in [-0.2, 0) is 0 Å². The van der Waals surface area contributed by atoms with Gasteiger partial charge in [0.15, 0.2) is 5.78 Å². The van der Waals surface area contributed by atoms with E-state index < -0.39 is 0 Å². The zero-order valence-electron chi connectivity index (χ0n) is 10.3. The number of ether oxygens (including phenoxy) is 1. The summed E-state index contributed by atoms with van der Waals surface area (Å²) in [5, 5.41) is 11.7. The fraction of sp³-hybridized carbons (Fsp3) is 0.0714. The quantitative estimate of drug-likeness (QED) is 0.529.